The van der Waals surface area contributed by atoms with E-state index in [4.69, 9.17) is 12.2 Å². The molecule has 0 radical (unpaired) electrons. The maximum atomic E-state index is 13.2. The molecular formula is C15H14FNO3S2. The number of rotatable bonds is 4. The maximum Gasteiger partial charge on any atom is 0.327 e. The fraction of sp³-hybridized carbons (Fsp3) is 0.267. The molecule has 1 aliphatic rings. The monoisotopic (exact) mass is 339 g/mol. The molecule has 116 valence electrons. The van der Waals surface area contributed by atoms with Gasteiger partial charge in [0.1, 0.15) is 16.2 Å². The van der Waals surface area contributed by atoms with Crippen LogP contribution >= 0.6 is 24.0 Å². The number of hydrogen-bond donors (Lipinski definition) is 1. The molecule has 4 nitrogen and oxygen atoms in total. The summed E-state index contributed by atoms with van der Waals surface area (Å²) in [5, 5.41) is 9.32. The van der Waals surface area contributed by atoms with E-state index in [-0.39, 0.29) is 10.2 Å². The number of carboxylic acids is 1. The van der Waals surface area contributed by atoms with E-state index in [1.807, 2.05) is 0 Å². The average molecular weight is 339 g/mol. The van der Waals surface area contributed by atoms with Gasteiger partial charge < -0.3 is 5.11 Å². The fourth-order valence-corrected chi connectivity index (χ4v) is 3.49. The molecule has 0 spiro atoms. The standard InChI is InChI=1S/C15H14FNO3S2/c1-8(2)12(14(19)20)17-13(18)11(22-15(17)21)7-9-4-3-5-10(16)6-9/h3-8,12H,1-2H3,(H,19,20)/b11-7+/t12-/m0/s1. The Morgan fingerprint density at radius 3 is 2.68 bits per heavy atom. The molecule has 0 aromatic heterocycles. The van der Waals surface area contributed by atoms with Crippen LogP contribution in [0.1, 0.15) is 19.4 Å². The average Bonchev–Trinajstić information content (AvgIpc) is 2.66. The van der Waals surface area contributed by atoms with Gasteiger partial charge in [-0.1, -0.05) is 50.0 Å². The van der Waals surface area contributed by atoms with Gasteiger partial charge in [-0.15, -0.1) is 0 Å². The van der Waals surface area contributed by atoms with Crippen LogP contribution in [0.2, 0.25) is 0 Å². The number of thioether (sulfide) groups is 1. The summed E-state index contributed by atoms with van der Waals surface area (Å²) in [6, 6.07) is 4.79. The highest BCUT2D eigenvalue weighted by atomic mass is 32.2. The number of amides is 1. The van der Waals surface area contributed by atoms with Gasteiger partial charge >= 0.3 is 5.97 Å². The van der Waals surface area contributed by atoms with Crippen molar-refractivity contribution < 1.29 is 19.1 Å². The lowest BCUT2D eigenvalue weighted by molar-refractivity contribution is -0.146. The predicted molar refractivity (Wildman–Crippen MR) is 87.7 cm³/mol. The van der Waals surface area contributed by atoms with Crippen LogP contribution in [-0.2, 0) is 9.59 Å². The van der Waals surface area contributed by atoms with Gasteiger partial charge in [-0.2, -0.15) is 0 Å². The minimum Gasteiger partial charge on any atom is -0.480 e. The number of carboxylic acid groups (broad SMARTS) is 1. The lowest BCUT2D eigenvalue weighted by atomic mass is 10.0. The van der Waals surface area contributed by atoms with Gasteiger partial charge in [0, 0.05) is 0 Å². The highest BCUT2D eigenvalue weighted by Crippen LogP contribution is 2.35. The highest BCUT2D eigenvalue weighted by molar-refractivity contribution is 8.26. The lowest BCUT2D eigenvalue weighted by Crippen LogP contribution is -2.47. The van der Waals surface area contributed by atoms with E-state index in [0.717, 1.165) is 16.7 Å². The summed E-state index contributed by atoms with van der Waals surface area (Å²) in [6.45, 7) is 3.43. The first-order valence-corrected chi connectivity index (χ1v) is 7.79. The van der Waals surface area contributed by atoms with E-state index >= 15 is 0 Å². The maximum absolute atomic E-state index is 13.2. The van der Waals surface area contributed by atoms with Gasteiger partial charge in [-0.25, -0.2) is 9.18 Å². The van der Waals surface area contributed by atoms with Crippen molar-refractivity contribution in [3.63, 3.8) is 0 Å². The molecule has 1 atom stereocenters. The summed E-state index contributed by atoms with van der Waals surface area (Å²) in [7, 11) is 0. The van der Waals surface area contributed by atoms with E-state index in [9.17, 15) is 19.1 Å². The van der Waals surface area contributed by atoms with E-state index in [1.165, 1.54) is 24.3 Å². The third-order valence-electron chi connectivity index (χ3n) is 3.13. The Hall–Kier alpha value is -1.73. The lowest BCUT2D eigenvalue weighted by Gasteiger charge is -2.26. The Morgan fingerprint density at radius 2 is 2.14 bits per heavy atom. The summed E-state index contributed by atoms with van der Waals surface area (Å²) in [6.07, 6.45) is 1.52. The first kappa shape index (κ1) is 16.6. The number of nitrogens with zero attached hydrogens (tertiary/aromatic N) is 1. The molecule has 1 amide bonds. The topological polar surface area (TPSA) is 57.6 Å². The third-order valence-corrected chi connectivity index (χ3v) is 4.46. The van der Waals surface area contributed by atoms with E-state index in [0.29, 0.717) is 10.5 Å². The molecule has 22 heavy (non-hydrogen) atoms. The zero-order valence-corrected chi connectivity index (χ0v) is 13.6. The molecule has 0 unspecified atom stereocenters. The van der Waals surface area contributed by atoms with E-state index in [2.05, 4.69) is 0 Å². The molecule has 0 saturated carbocycles. The zero-order valence-electron chi connectivity index (χ0n) is 11.9. The Bertz CT molecular complexity index is 673. The van der Waals surface area contributed by atoms with E-state index in [1.54, 1.807) is 19.9 Å². The second-order valence-electron chi connectivity index (χ2n) is 5.13. The Balaban J connectivity index is 2.34. The molecule has 0 bridgehead atoms. The van der Waals surface area contributed by atoms with Crippen molar-refractivity contribution in [1.82, 2.24) is 4.90 Å². The number of halogens is 1. The first-order chi connectivity index (χ1) is 10.3. The van der Waals surface area contributed by atoms with Crippen LogP contribution in [0, 0.1) is 11.7 Å². The van der Waals surface area contributed by atoms with Crippen LogP contribution in [0.4, 0.5) is 4.39 Å². The van der Waals surface area contributed by atoms with Crippen LogP contribution in [-0.4, -0.2) is 32.2 Å². The molecule has 1 aromatic carbocycles. The third kappa shape index (κ3) is 3.36. The number of carbonyl (C=O) groups is 2. The minimum absolute atomic E-state index is 0.203. The summed E-state index contributed by atoms with van der Waals surface area (Å²) >= 11 is 6.17. The van der Waals surface area contributed by atoms with Crippen molar-refractivity contribution in [1.29, 1.82) is 0 Å². The van der Waals surface area contributed by atoms with Crippen molar-refractivity contribution in [2.24, 2.45) is 5.92 Å². The van der Waals surface area contributed by atoms with Gasteiger partial charge in [-0.3, -0.25) is 9.69 Å². The van der Waals surface area contributed by atoms with Crippen molar-refractivity contribution in [2.45, 2.75) is 19.9 Å². The van der Waals surface area contributed by atoms with Crippen LogP contribution < -0.4 is 0 Å². The van der Waals surface area contributed by atoms with Gasteiger partial charge in [0.2, 0.25) is 0 Å². The quantitative estimate of drug-likeness (QED) is 0.675. The molecular weight excluding hydrogens is 325 g/mol. The Kier molecular flexibility index (Phi) is 4.97. The largest absolute Gasteiger partial charge is 0.480 e. The van der Waals surface area contributed by atoms with Crippen LogP contribution in [0.3, 0.4) is 0 Å². The molecule has 0 aliphatic carbocycles. The fourth-order valence-electron chi connectivity index (χ4n) is 2.16. The van der Waals surface area contributed by atoms with Crippen LogP contribution in [0.15, 0.2) is 29.2 Å². The molecule has 1 heterocycles. The highest BCUT2D eigenvalue weighted by Gasteiger charge is 2.41. The van der Waals surface area contributed by atoms with Crippen molar-refractivity contribution >= 4 is 46.3 Å². The normalized spacial score (nSPS) is 18.4. The smallest absolute Gasteiger partial charge is 0.327 e. The van der Waals surface area contributed by atoms with Gasteiger partial charge in [0.25, 0.3) is 5.91 Å². The van der Waals surface area contributed by atoms with Crippen molar-refractivity contribution in [3.05, 3.63) is 40.6 Å². The molecule has 1 aromatic rings. The van der Waals surface area contributed by atoms with Crippen molar-refractivity contribution in [2.75, 3.05) is 0 Å². The number of thiocarbonyl (C=S) groups is 1. The number of benzene rings is 1. The minimum atomic E-state index is -1.10. The molecule has 1 N–H and O–H groups in total. The molecule has 2 rings (SSSR count). The number of hydrogen-bond acceptors (Lipinski definition) is 4. The van der Waals surface area contributed by atoms with Gasteiger partial charge in [0.05, 0.1) is 4.91 Å². The zero-order chi connectivity index (χ0) is 16.4. The van der Waals surface area contributed by atoms with Crippen molar-refractivity contribution in [3.8, 4) is 0 Å². The first-order valence-electron chi connectivity index (χ1n) is 6.56. The van der Waals surface area contributed by atoms with Crippen LogP contribution in [0.5, 0.6) is 0 Å². The molecule has 1 aliphatic heterocycles. The van der Waals surface area contributed by atoms with Gasteiger partial charge in [-0.05, 0) is 29.7 Å². The number of aliphatic carboxylic acids is 1. The molecule has 1 saturated heterocycles. The summed E-state index contributed by atoms with van der Waals surface area (Å²) < 4.78 is 13.4. The van der Waals surface area contributed by atoms with Crippen LogP contribution in [0.25, 0.3) is 6.08 Å². The summed E-state index contributed by atoms with van der Waals surface area (Å²) in [5.41, 5.74) is 0.525. The predicted octanol–water partition coefficient (Wildman–Crippen LogP) is 3.14. The number of carbonyl (C=O) groups excluding carboxylic acids is 1. The summed E-state index contributed by atoms with van der Waals surface area (Å²) in [5.74, 6) is -2.25. The van der Waals surface area contributed by atoms with E-state index < -0.39 is 23.7 Å². The second-order valence-corrected chi connectivity index (χ2v) is 6.81. The second kappa shape index (κ2) is 6.58. The molecule has 7 heteroatoms. The Morgan fingerprint density at radius 1 is 1.45 bits per heavy atom. The van der Waals surface area contributed by atoms with Gasteiger partial charge in [0.15, 0.2) is 0 Å². The SMILES string of the molecule is CC(C)[C@@H](C(=O)O)N1C(=O)/C(=C\c2cccc(F)c2)SC1=S. The molecule has 1 fully saturated rings. The summed E-state index contributed by atoms with van der Waals surface area (Å²) in [4.78, 5) is 25.3. The Labute approximate surface area is 137 Å².